The Balaban J connectivity index is 1.81. The first-order chi connectivity index (χ1) is 12.9. The SMILES string of the molecule is CC(CCNC(=O)c1ccccc1)(CCNC(=O)c1ccccc1)N([O-])O. The van der Waals surface area contributed by atoms with Crippen LogP contribution in [0.1, 0.15) is 40.5 Å². The normalized spacial score (nSPS) is 11.3. The fraction of sp³-hybridized carbons (Fsp3) is 0.300. The standard InChI is InChI=1S/C20H24N3O4/c1-20(23(26)27,12-14-21-18(24)16-8-4-2-5-9-16)13-15-22-19(25)17-10-6-3-7-11-17/h2-11,26H,12-15H2,1H3,(H,21,24)(H,22,25)/q-1. The average molecular weight is 370 g/mol. The monoisotopic (exact) mass is 370 g/mol. The van der Waals surface area contributed by atoms with E-state index in [-0.39, 0.29) is 43.0 Å². The van der Waals surface area contributed by atoms with E-state index in [4.69, 9.17) is 0 Å². The molecule has 0 radical (unpaired) electrons. The average Bonchev–Trinajstić information content (AvgIpc) is 2.69. The molecular weight excluding hydrogens is 346 g/mol. The van der Waals surface area contributed by atoms with Gasteiger partial charge in [0.2, 0.25) is 0 Å². The number of nitrogens with one attached hydrogen (secondary N) is 2. The smallest absolute Gasteiger partial charge is 0.251 e. The molecule has 7 heteroatoms. The molecule has 0 aliphatic heterocycles. The first kappa shape index (κ1) is 20.6. The van der Waals surface area contributed by atoms with Crippen molar-refractivity contribution in [2.24, 2.45) is 0 Å². The summed E-state index contributed by atoms with van der Waals surface area (Å²) >= 11 is 0. The zero-order valence-electron chi connectivity index (χ0n) is 15.2. The van der Waals surface area contributed by atoms with E-state index in [1.54, 1.807) is 55.5 Å². The molecule has 144 valence electrons. The topological polar surface area (TPSA) is 105 Å². The van der Waals surface area contributed by atoms with Crippen molar-refractivity contribution in [1.82, 2.24) is 15.9 Å². The maximum absolute atomic E-state index is 12.0. The van der Waals surface area contributed by atoms with Gasteiger partial charge < -0.3 is 21.0 Å². The van der Waals surface area contributed by atoms with Crippen LogP contribution < -0.4 is 10.6 Å². The highest BCUT2D eigenvalue weighted by molar-refractivity contribution is 5.94. The van der Waals surface area contributed by atoms with Crippen LogP contribution in [0.25, 0.3) is 0 Å². The Labute approximate surface area is 158 Å². The number of nitrogens with zero attached hydrogens (tertiary/aromatic N) is 1. The first-order valence-corrected chi connectivity index (χ1v) is 8.75. The fourth-order valence-corrected chi connectivity index (χ4v) is 2.59. The van der Waals surface area contributed by atoms with Crippen LogP contribution in [0.4, 0.5) is 0 Å². The molecule has 0 unspecified atom stereocenters. The molecule has 0 fully saturated rings. The summed E-state index contributed by atoms with van der Waals surface area (Å²) in [6.07, 6.45) is 0.458. The van der Waals surface area contributed by atoms with Gasteiger partial charge in [-0.05, 0) is 44.0 Å². The van der Waals surface area contributed by atoms with Crippen LogP contribution in [-0.2, 0) is 0 Å². The van der Waals surface area contributed by atoms with Crippen molar-refractivity contribution < 1.29 is 14.8 Å². The Morgan fingerprint density at radius 3 is 1.59 bits per heavy atom. The lowest BCUT2D eigenvalue weighted by atomic mass is 9.94. The molecule has 2 aromatic rings. The van der Waals surface area contributed by atoms with Crippen LogP contribution in [0.2, 0.25) is 0 Å². The lowest BCUT2D eigenvalue weighted by Gasteiger charge is -2.41. The summed E-state index contributed by atoms with van der Waals surface area (Å²) in [6, 6.07) is 17.5. The van der Waals surface area contributed by atoms with Crippen LogP contribution in [0.5, 0.6) is 0 Å². The maximum atomic E-state index is 12.0. The Morgan fingerprint density at radius 1 is 0.889 bits per heavy atom. The zero-order valence-corrected chi connectivity index (χ0v) is 15.2. The minimum Gasteiger partial charge on any atom is -0.762 e. The van der Waals surface area contributed by atoms with E-state index >= 15 is 0 Å². The Hall–Kier alpha value is -2.74. The predicted molar refractivity (Wildman–Crippen MR) is 102 cm³/mol. The number of amides is 2. The van der Waals surface area contributed by atoms with Crippen molar-refractivity contribution >= 4 is 11.8 Å². The van der Waals surface area contributed by atoms with Gasteiger partial charge in [-0.15, -0.1) is 0 Å². The third-order valence-electron chi connectivity index (χ3n) is 4.43. The maximum Gasteiger partial charge on any atom is 0.251 e. The van der Waals surface area contributed by atoms with Gasteiger partial charge in [0.25, 0.3) is 11.8 Å². The summed E-state index contributed by atoms with van der Waals surface area (Å²) < 4.78 is 0. The number of carbonyl (C=O) groups excluding carboxylic acids is 2. The molecule has 2 aromatic carbocycles. The van der Waals surface area contributed by atoms with Gasteiger partial charge >= 0.3 is 0 Å². The van der Waals surface area contributed by atoms with E-state index in [0.717, 1.165) is 0 Å². The molecule has 0 spiro atoms. The summed E-state index contributed by atoms with van der Waals surface area (Å²) in [5, 5.41) is 26.5. The zero-order chi connectivity index (χ0) is 19.7. The van der Waals surface area contributed by atoms with Crippen molar-refractivity contribution in [1.29, 1.82) is 0 Å². The van der Waals surface area contributed by atoms with Gasteiger partial charge in [-0.1, -0.05) is 36.4 Å². The molecule has 0 heterocycles. The van der Waals surface area contributed by atoms with E-state index in [1.165, 1.54) is 0 Å². The van der Waals surface area contributed by atoms with Crippen LogP contribution in [0.3, 0.4) is 0 Å². The summed E-state index contributed by atoms with van der Waals surface area (Å²) in [5.41, 5.74) is -0.0805. The number of rotatable bonds is 9. The largest absolute Gasteiger partial charge is 0.762 e. The molecule has 27 heavy (non-hydrogen) atoms. The van der Waals surface area contributed by atoms with E-state index in [1.807, 2.05) is 12.1 Å². The number of hydrogen-bond acceptors (Lipinski definition) is 5. The van der Waals surface area contributed by atoms with Crippen molar-refractivity contribution in [2.75, 3.05) is 13.1 Å². The van der Waals surface area contributed by atoms with Gasteiger partial charge in [0.1, 0.15) is 0 Å². The molecule has 0 saturated carbocycles. The highest BCUT2D eigenvalue weighted by Gasteiger charge is 2.25. The quantitative estimate of drug-likeness (QED) is 0.589. The number of carbonyl (C=O) groups is 2. The Bertz CT molecular complexity index is 678. The van der Waals surface area contributed by atoms with Crippen molar-refractivity contribution in [3.05, 3.63) is 77.0 Å². The second-order valence-electron chi connectivity index (χ2n) is 6.51. The van der Waals surface area contributed by atoms with Crippen LogP contribution in [0.15, 0.2) is 60.7 Å². The molecule has 0 aromatic heterocycles. The number of benzene rings is 2. The van der Waals surface area contributed by atoms with E-state index in [2.05, 4.69) is 10.6 Å². The summed E-state index contributed by atoms with van der Waals surface area (Å²) in [6.45, 7) is 2.02. The lowest BCUT2D eigenvalue weighted by Crippen LogP contribution is -2.46. The van der Waals surface area contributed by atoms with Crippen molar-refractivity contribution in [3.63, 3.8) is 0 Å². The summed E-state index contributed by atoms with van der Waals surface area (Å²) in [7, 11) is 0. The van der Waals surface area contributed by atoms with Crippen LogP contribution >= 0.6 is 0 Å². The molecule has 2 rings (SSSR count). The molecule has 2 amide bonds. The molecular formula is C20H24N3O4-. The molecule has 3 N–H and O–H groups in total. The highest BCUT2D eigenvalue weighted by Crippen LogP contribution is 2.20. The molecule has 0 saturated heterocycles. The molecule has 0 aliphatic carbocycles. The third-order valence-corrected chi connectivity index (χ3v) is 4.43. The van der Waals surface area contributed by atoms with Crippen molar-refractivity contribution in [3.8, 4) is 0 Å². The van der Waals surface area contributed by atoms with Gasteiger partial charge in [-0.2, -0.15) is 0 Å². The first-order valence-electron chi connectivity index (χ1n) is 8.75. The molecule has 7 nitrogen and oxygen atoms in total. The van der Waals surface area contributed by atoms with Gasteiger partial charge in [0.15, 0.2) is 0 Å². The molecule has 0 aliphatic rings. The van der Waals surface area contributed by atoms with Crippen LogP contribution in [-0.4, -0.2) is 40.9 Å². The second-order valence-corrected chi connectivity index (χ2v) is 6.51. The van der Waals surface area contributed by atoms with E-state index < -0.39 is 5.54 Å². The Kier molecular flexibility index (Phi) is 7.48. The van der Waals surface area contributed by atoms with Gasteiger partial charge in [-0.25, -0.2) is 0 Å². The predicted octanol–water partition coefficient (Wildman–Crippen LogP) is 2.57. The van der Waals surface area contributed by atoms with Gasteiger partial charge in [0.05, 0.1) is 0 Å². The molecule has 0 atom stereocenters. The van der Waals surface area contributed by atoms with Gasteiger partial charge in [-0.3, -0.25) is 14.8 Å². The number of hydrogen-bond donors (Lipinski definition) is 3. The minimum absolute atomic E-state index is 0.101. The van der Waals surface area contributed by atoms with Crippen LogP contribution in [0, 0.1) is 5.21 Å². The summed E-state index contributed by atoms with van der Waals surface area (Å²) in [5.74, 6) is -0.489. The highest BCUT2D eigenvalue weighted by atomic mass is 16.8. The fourth-order valence-electron chi connectivity index (χ4n) is 2.59. The molecule has 0 bridgehead atoms. The second kappa shape index (κ2) is 9.82. The third kappa shape index (κ3) is 6.18. The summed E-state index contributed by atoms with van der Waals surface area (Å²) in [4.78, 5) is 24.1. The lowest BCUT2D eigenvalue weighted by molar-refractivity contribution is -0.129. The van der Waals surface area contributed by atoms with E-state index in [0.29, 0.717) is 11.1 Å². The van der Waals surface area contributed by atoms with Crippen molar-refractivity contribution in [2.45, 2.75) is 25.3 Å². The Morgan fingerprint density at radius 2 is 1.26 bits per heavy atom. The van der Waals surface area contributed by atoms with Gasteiger partial charge in [0, 0.05) is 29.8 Å². The van der Waals surface area contributed by atoms with E-state index in [9.17, 15) is 20.0 Å². The number of hydroxylamine groups is 2. The minimum atomic E-state index is -1.13.